The minimum Gasteiger partial charge on any atom is -0.305 e. The SMILES string of the molecule is Cc1ccc(C23CC2CN(C)C3)c2ccccc12. The normalized spacial score (nSPS) is 30.7. The molecule has 2 aliphatic rings. The van der Waals surface area contributed by atoms with Crippen LogP contribution in [0.4, 0.5) is 0 Å². The molecule has 1 aliphatic heterocycles. The van der Waals surface area contributed by atoms with Crippen LogP contribution in [0.2, 0.25) is 0 Å². The molecular weight excluding hydrogens is 218 g/mol. The van der Waals surface area contributed by atoms with Crippen molar-refractivity contribution in [3.63, 3.8) is 0 Å². The number of likely N-dealkylation sites (N-methyl/N-ethyl adjacent to an activating group) is 1. The van der Waals surface area contributed by atoms with Crippen molar-refractivity contribution >= 4 is 10.8 Å². The average Bonchev–Trinajstić information content (AvgIpc) is 2.93. The summed E-state index contributed by atoms with van der Waals surface area (Å²) in [6.45, 7) is 4.74. The van der Waals surface area contributed by atoms with Crippen LogP contribution in [-0.2, 0) is 5.41 Å². The summed E-state index contributed by atoms with van der Waals surface area (Å²) in [5, 5.41) is 2.92. The second kappa shape index (κ2) is 3.36. The topological polar surface area (TPSA) is 3.24 Å². The fourth-order valence-electron chi connectivity index (χ4n) is 4.04. The van der Waals surface area contributed by atoms with Crippen molar-refractivity contribution in [3.8, 4) is 0 Å². The highest BCUT2D eigenvalue weighted by Crippen LogP contribution is 2.59. The van der Waals surface area contributed by atoms with Gasteiger partial charge in [-0.3, -0.25) is 0 Å². The maximum absolute atomic E-state index is 2.49. The van der Waals surface area contributed by atoms with E-state index in [0.717, 1.165) is 5.92 Å². The van der Waals surface area contributed by atoms with Crippen molar-refractivity contribution in [3.05, 3.63) is 47.5 Å². The Bertz CT molecular complexity index is 631. The second-order valence-electron chi connectivity index (χ2n) is 6.23. The minimum atomic E-state index is 0.474. The molecule has 2 atom stereocenters. The third kappa shape index (κ3) is 1.26. The fourth-order valence-corrected chi connectivity index (χ4v) is 4.04. The Morgan fingerprint density at radius 3 is 2.61 bits per heavy atom. The summed E-state index contributed by atoms with van der Waals surface area (Å²) in [6, 6.07) is 13.6. The Balaban J connectivity index is 1.95. The molecule has 1 nitrogen and oxygen atoms in total. The van der Waals surface area contributed by atoms with Gasteiger partial charge in [0.25, 0.3) is 0 Å². The van der Waals surface area contributed by atoms with E-state index < -0.39 is 0 Å². The minimum absolute atomic E-state index is 0.474. The van der Waals surface area contributed by atoms with Gasteiger partial charge in [-0.2, -0.15) is 0 Å². The Morgan fingerprint density at radius 2 is 1.89 bits per heavy atom. The number of rotatable bonds is 1. The van der Waals surface area contributed by atoms with Crippen LogP contribution in [0.1, 0.15) is 17.5 Å². The van der Waals surface area contributed by atoms with E-state index >= 15 is 0 Å². The molecule has 0 N–H and O–H groups in total. The monoisotopic (exact) mass is 237 g/mol. The highest BCUT2D eigenvalue weighted by molar-refractivity contribution is 5.90. The van der Waals surface area contributed by atoms with Crippen molar-refractivity contribution in [2.75, 3.05) is 20.1 Å². The third-order valence-corrected chi connectivity index (χ3v) is 4.99. The summed E-state index contributed by atoms with van der Waals surface area (Å²) in [6.07, 6.45) is 1.39. The van der Waals surface area contributed by atoms with Gasteiger partial charge in [-0.15, -0.1) is 0 Å². The average molecular weight is 237 g/mol. The fraction of sp³-hybridized carbons (Fsp3) is 0.412. The lowest BCUT2D eigenvalue weighted by molar-refractivity contribution is 0.364. The summed E-state index contributed by atoms with van der Waals surface area (Å²) >= 11 is 0. The van der Waals surface area contributed by atoms with Crippen LogP contribution in [-0.4, -0.2) is 25.0 Å². The van der Waals surface area contributed by atoms with Crippen LogP contribution in [0.15, 0.2) is 36.4 Å². The Hall–Kier alpha value is -1.34. The summed E-state index contributed by atoms with van der Waals surface area (Å²) < 4.78 is 0. The maximum Gasteiger partial charge on any atom is 0.0130 e. The van der Waals surface area contributed by atoms with Gasteiger partial charge in [0, 0.05) is 18.5 Å². The van der Waals surface area contributed by atoms with Crippen LogP contribution in [0, 0.1) is 12.8 Å². The molecule has 0 amide bonds. The molecule has 2 unspecified atom stereocenters. The lowest BCUT2D eigenvalue weighted by Gasteiger charge is -2.19. The van der Waals surface area contributed by atoms with Crippen molar-refractivity contribution in [2.24, 2.45) is 5.92 Å². The van der Waals surface area contributed by atoms with Gasteiger partial charge in [-0.25, -0.2) is 0 Å². The smallest absolute Gasteiger partial charge is 0.0130 e. The quantitative estimate of drug-likeness (QED) is 0.735. The number of nitrogens with zero attached hydrogens (tertiary/aromatic N) is 1. The standard InChI is InChI=1S/C17H19N/c1-12-7-8-16(15-6-4-3-5-14(12)15)17-9-13(17)10-18(2)11-17/h3-8,13H,9-11H2,1-2H3. The lowest BCUT2D eigenvalue weighted by atomic mass is 9.88. The van der Waals surface area contributed by atoms with Crippen LogP contribution in [0.5, 0.6) is 0 Å². The number of benzene rings is 2. The summed E-state index contributed by atoms with van der Waals surface area (Å²) in [5.41, 5.74) is 3.47. The van der Waals surface area contributed by atoms with Gasteiger partial charge in [0.2, 0.25) is 0 Å². The van der Waals surface area contributed by atoms with Gasteiger partial charge >= 0.3 is 0 Å². The Labute approximate surface area is 108 Å². The summed E-state index contributed by atoms with van der Waals surface area (Å²) in [5.74, 6) is 0.897. The van der Waals surface area contributed by atoms with Crippen LogP contribution >= 0.6 is 0 Å². The largest absolute Gasteiger partial charge is 0.305 e. The first-order valence-corrected chi connectivity index (χ1v) is 6.88. The molecule has 0 radical (unpaired) electrons. The molecule has 1 heterocycles. The maximum atomic E-state index is 2.49. The highest BCUT2D eigenvalue weighted by Gasteiger charge is 2.60. The van der Waals surface area contributed by atoms with Gasteiger partial charge in [-0.05, 0) is 48.2 Å². The second-order valence-corrected chi connectivity index (χ2v) is 6.23. The van der Waals surface area contributed by atoms with E-state index in [2.05, 4.69) is 55.3 Å². The van der Waals surface area contributed by atoms with Gasteiger partial charge in [0.05, 0.1) is 0 Å². The number of hydrogen-bond acceptors (Lipinski definition) is 1. The predicted molar refractivity (Wildman–Crippen MR) is 76.0 cm³/mol. The van der Waals surface area contributed by atoms with Gasteiger partial charge < -0.3 is 4.90 Å². The van der Waals surface area contributed by atoms with E-state index in [9.17, 15) is 0 Å². The van der Waals surface area contributed by atoms with Crippen molar-refractivity contribution in [1.82, 2.24) is 4.90 Å². The molecule has 18 heavy (non-hydrogen) atoms. The Kier molecular flexibility index (Phi) is 1.97. The third-order valence-electron chi connectivity index (χ3n) is 4.99. The van der Waals surface area contributed by atoms with E-state index in [1.54, 1.807) is 5.56 Å². The molecule has 2 aromatic rings. The first-order chi connectivity index (χ1) is 8.71. The molecule has 1 aliphatic carbocycles. The number of piperidine rings is 1. The van der Waals surface area contributed by atoms with Gasteiger partial charge in [-0.1, -0.05) is 36.4 Å². The van der Waals surface area contributed by atoms with Gasteiger partial charge in [0.1, 0.15) is 0 Å². The number of aryl methyl sites for hydroxylation is 1. The zero-order valence-electron chi connectivity index (χ0n) is 11.1. The van der Waals surface area contributed by atoms with E-state index in [-0.39, 0.29) is 0 Å². The number of hydrogen-bond donors (Lipinski definition) is 0. The lowest BCUT2D eigenvalue weighted by Crippen LogP contribution is -2.22. The molecular formula is C17H19N. The molecule has 0 bridgehead atoms. The van der Waals surface area contributed by atoms with E-state index in [0.29, 0.717) is 5.41 Å². The molecule has 2 aromatic carbocycles. The molecule has 4 rings (SSSR count). The van der Waals surface area contributed by atoms with Crippen LogP contribution < -0.4 is 0 Å². The molecule has 1 saturated carbocycles. The molecule has 0 spiro atoms. The van der Waals surface area contributed by atoms with Crippen molar-refractivity contribution in [2.45, 2.75) is 18.8 Å². The molecule has 92 valence electrons. The highest BCUT2D eigenvalue weighted by atomic mass is 15.2. The van der Waals surface area contributed by atoms with Crippen molar-refractivity contribution in [1.29, 1.82) is 0 Å². The first kappa shape index (κ1) is 10.6. The van der Waals surface area contributed by atoms with E-state index in [4.69, 9.17) is 0 Å². The summed E-state index contributed by atoms with van der Waals surface area (Å²) in [4.78, 5) is 2.49. The zero-order valence-corrected chi connectivity index (χ0v) is 11.1. The molecule has 2 fully saturated rings. The Morgan fingerprint density at radius 1 is 1.11 bits per heavy atom. The zero-order chi connectivity index (χ0) is 12.3. The van der Waals surface area contributed by atoms with Crippen LogP contribution in [0.3, 0.4) is 0 Å². The van der Waals surface area contributed by atoms with Crippen LogP contribution in [0.25, 0.3) is 10.8 Å². The number of fused-ring (bicyclic) bond motifs is 2. The van der Waals surface area contributed by atoms with E-state index in [1.807, 2.05) is 0 Å². The number of likely N-dealkylation sites (tertiary alicyclic amines) is 1. The van der Waals surface area contributed by atoms with Gasteiger partial charge in [0.15, 0.2) is 0 Å². The molecule has 1 saturated heterocycles. The van der Waals surface area contributed by atoms with Crippen molar-refractivity contribution < 1.29 is 0 Å². The first-order valence-electron chi connectivity index (χ1n) is 6.88. The molecule has 0 aromatic heterocycles. The van der Waals surface area contributed by atoms with E-state index in [1.165, 1.54) is 35.8 Å². The summed E-state index contributed by atoms with van der Waals surface area (Å²) in [7, 11) is 2.25. The molecule has 1 heteroatoms. The predicted octanol–water partition coefficient (Wildman–Crippen LogP) is 3.35.